The van der Waals surface area contributed by atoms with Gasteiger partial charge >= 0.3 is 0 Å². The van der Waals surface area contributed by atoms with Gasteiger partial charge in [0.05, 0.1) is 14.2 Å². The number of amides is 1. The molecule has 2 heterocycles. The molecule has 25 heavy (non-hydrogen) atoms. The minimum Gasteiger partial charge on any atom is -0.493 e. The average Bonchev–Trinajstić information content (AvgIpc) is 2.68. The van der Waals surface area contributed by atoms with Crippen molar-refractivity contribution in [3.63, 3.8) is 0 Å². The first-order valence-corrected chi connectivity index (χ1v) is 8.26. The van der Waals surface area contributed by atoms with Crippen LogP contribution in [0.1, 0.15) is 23.2 Å². The first kappa shape index (κ1) is 17.0. The third-order valence-corrected chi connectivity index (χ3v) is 4.24. The number of aromatic nitrogens is 2. The normalized spacial score (nSPS) is 17.0. The number of benzene rings is 1. The third-order valence-electron chi connectivity index (χ3n) is 4.24. The van der Waals surface area contributed by atoms with Crippen molar-refractivity contribution >= 4 is 11.9 Å². The van der Waals surface area contributed by atoms with E-state index in [0.717, 1.165) is 19.4 Å². The van der Waals surface area contributed by atoms with Gasteiger partial charge in [-0.1, -0.05) is 0 Å². The largest absolute Gasteiger partial charge is 0.493 e. The zero-order chi connectivity index (χ0) is 17.6. The molecule has 0 radical (unpaired) electrons. The van der Waals surface area contributed by atoms with Crippen LogP contribution in [0.25, 0.3) is 0 Å². The van der Waals surface area contributed by atoms with E-state index in [0.29, 0.717) is 29.6 Å². The predicted molar refractivity (Wildman–Crippen MR) is 94.3 cm³/mol. The van der Waals surface area contributed by atoms with E-state index in [1.54, 1.807) is 50.9 Å². The van der Waals surface area contributed by atoms with Gasteiger partial charge in [0.15, 0.2) is 11.5 Å². The lowest BCUT2D eigenvalue weighted by molar-refractivity contribution is 0.0932. The molecule has 1 aromatic carbocycles. The van der Waals surface area contributed by atoms with Crippen LogP contribution in [0.4, 0.5) is 5.95 Å². The number of carbonyl (C=O) groups excluding carboxylic acids is 1. The Hall–Kier alpha value is -2.83. The summed E-state index contributed by atoms with van der Waals surface area (Å²) in [5.74, 6) is 1.72. The highest BCUT2D eigenvalue weighted by Crippen LogP contribution is 2.27. The van der Waals surface area contributed by atoms with Crippen LogP contribution in [-0.4, -0.2) is 49.2 Å². The molecule has 1 fully saturated rings. The van der Waals surface area contributed by atoms with Gasteiger partial charge in [-0.3, -0.25) is 4.79 Å². The fourth-order valence-electron chi connectivity index (χ4n) is 2.98. The summed E-state index contributed by atoms with van der Waals surface area (Å²) in [5, 5.41) is 3.09. The van der Waals surface area contributed by atoms with Crippen LogP contribution in [0.15, 0.2) is 36.7 Å². The van der Waals surface area contributed by atoms with Crippen molar-refractivity contribution in [3.05, 3.63) is 42.2 Å². The second kappa shape index (κ2) is 7.83. The van der Waals surface area contributed by atoms with E-state index < -0.39 is 0 Å². The van der Waals surface area contributed by atoms with Crippen molar-refractivity contribution in [1.29, 1.82) is 0 Å². The summed E-state index contributed by atoms with van der Waals surface area (Å²) in [7, 11) is 3.12. The lowest BCUT2D eigenvalue weighted by Gasteiger charge is -2.33. The molecule has 7 nitrogen and oxygen atoms in total. The van der Waals surface area contributed by atoms with Crippen LogP contribution >= 0.6 is 0 Å². The first-order valence-electron chi connectivity index (χ1n) is 8.26. The third kappa shape index (κ3) is 3.99. The summed E-state index contributed by atoms with van der Waals surface area (Å²) < 4.78 is 10.5. The predicted octanol–water partition coefficient (Wildman–Crippen LogP) is 1.89. The summed E-state index contributed by atoms with van der Waals surface area (Å²) in [6.07, 6.45) is 5.37. The summed E-state index contributed by atoms with van der Waals surface area (Å²) in [6.45, 7) is 1.59. The molecule has 1 aliphatic heterocycles. The zero-order valence-electron chi connectivity index (χ0n) is 14.4. The van der Waals surface area contributed by atoms with Crippen LogP contribution in [0, 0.1) is 0 Å². The van der Waals surface area contributed by atoms with Crippen molar-refractivity contribution in [2.75, 3.05) is 32.2 Å². The first-order chi connectivity index (χ1) is 12.2. The van der Waals surface area contributed by atoms with E-state index in [1.165, 1.54) is 0 Å². The van der Waals surface area contributed by atoms with Crippen molar-refractivity contribution in [2.24, 2.45) is 0 Å². The number of anilines is 1. The highest BCUT2D eigenvalue weighted by Gasteiger charge is 2.23. The maximum atomic E-state index is 12.6. The highest BCUT2D eigenvalue weighted by atomic mass is 16.5. The second-order valence-electron chi connectivity index (χ2n) is 5.88. The molecule has 0 bridgehead atoms. The topological polar surface area (TPSA) is 76.6 Å². The van der Waals surface area contributed by atoms with E-state index in [2.05, 4.69) is 20.2 Å². The summed E-state index contributed by atoms with van der Waals surface area (Å²) in [6, 6.07) is 7.01. The molecule has 1 N–H and O–H groups in total. The molecular weight excluding hydrogens is 320 g/mol. The Labute approximate surface area is 147 Å². The molecule has 1 atom stereocenters. The molecular formula is C18H22N4O3. The van der Waals surface area contributed by atoms with E-state index in [-0.39, 0.29) is 11.9 Å². The van der Waals surface area contributed by atoms with Crippen molar-refractivity contribution in [2.45, 2.75) is 18.9 Å². The molecule has 0 unspecified atom stereocenters. The molecule has 7 heteroatoms. The maximum Gasteiger partial charge on any atom is 0.251 e. The van der Waals surface area contributed by atoms with Gasteiger partial charge in [-0.05, 0) is 37.1 Å². The molecule has 1 amide bonds. The Morgan fingerprint density at radius 1 is 1.20 bits per heavy atom. The lowest BCUT2D eigenvalue weighted by Crippen LogP contribution is -2.48. The minimum atomic E-state index is -0.123. The summed E-state index contributed by atoms with van der Waals surface area (Å²) in [5.41, 5.74) is 0.547. The monoisotopic (exact) mass is 342 g/mol. The van der Waals surface area contributed by atoms with Crippen LogP contribution < -0.4 is 19.7 Å². The Kier molecular flexibility index (Phi) is 5.33. The second-order valence-corrected chi connectivity index (χ2v) is 5.88. The molecule has 0 saturated carbocycles. The van der Waals surface area contributed by atoms with Crippen molar-refractivity contribution < 1.29 is 14.3 Å². The van der Waals surface area contributed by atoms with Gasteiger partial charge in [0, 0.05) is 37.1 Å². The molecule has 132 valence electrons. The van der Waals surface area contributed by atoms with E-state index in [1.807, 2.05) is 0 Å². The smallest absolute Gasteiger partial charge is 0.251 e. The van der Waals surface area contributed by atoms with Gasteiger partial charge in [0.2, 0.25) is 5.95 Å². The number of carbonyl (C=O) groups is 1. The van der Waals surface area contributed by atoms with Crippen molar-refractivity contribution in [3.8, 4) is 11.5 Å². The summed E-state index contributed by atoms with van der Waals surface area (Å²) in [4.78, 5) is 23.2. The van der Waals surface area contributed by atoms with Crippen LogP contribution in [0.2, 0.25) is 0 Å². The van der Waals surface area contributed by atoms with Crippen LogP contribution in [0.5, 0.6) is 11.5 Å². The fraction of sp³-hybridized carbons (Fsp3) is 0.389. The zero-order valence-corrected chi connectivity index (χ0v) is 14.4. The Bertz CT molecular complexity index is 724. The number of methoxy groups -OCH3 is 2. The molecule has 2 aromatic rings. The maximum absolute atomic E-state index is 12.6. The quantitative estimate of drug-likeness (QED) is 0.894. The minimum absolute atomic E-state index is 0.0538. The van der Waals surface area contributed by atoms with Gasteiger partial charge in [-0.2, -0.15) is 0 Å². The Morgan fingerprint density at radius 3 is 2.68 bits per heavy atom. The van der Waals surface area contributed by atoms with Crippen LogP contribution in [0.3, 0.4) is 0 Å². The van der Waals surface area contributed by atoms with Gasteiger partial charge in [0.25, 0.3) is 5.91 Å². The van der Waals surface area contributed by atoms with Crippen molar-refractivity contribution in [1.82, 2.24) is 15.3 Å². The number of piperidine rings is 1. The number of nitrogens with zero attached hydrogens (tertiary/aromatic N) is 3. The molecule has 0 aliphatic carbocycles. The molecule has 1 aliphatic rings. The van der Waals surface area contributed by atoms with Gasteiger partial charge < -0.3 is 19.7 Å². The molecule has 1 saturated heterocycles. The standard InChI is InChI=1S/C18H22N4O3/c1-24-15-7-6-13(11-16(15)25-2)17(23)21-14-5-3-10-22(12-14)18-19-8-4-9-20-18/h4,6-9,11,14H,3,5,10,12H2,1-2H3,(H,21,23)/t14-/m1/s1. The Balaban J connectivity index is 1.66. The SMILES string of the molecule is COc1ccc(C(=O)N[C@@H]2CCCN(c3ncccn3)C2)cc1OC. The Morgan fingerprint density at radius 2 is 1.96 bits per heavy atom. The number of ether oxygens (including phenoxy) is 2. The van der Waals surface area contributed by atoms with E-state index in [9.17, 15) is 4.79 Å². The average molecular weight is 342 g/mol. The van der Waals surface area contributed by atoms with Gasteiger partial charge in [-0.15, -0.1) is 0 Å². The number of hydrogen-bond donors (Lipinski definition) is 1. The molecule has 0 spiro atoms. The van der Waals surface area contributed by atoms with E-state index in [4.69, 9.17) is 9.47 Å². The lowest BCUT2D eigenvalue weighted by atomic mass is 10.1. The van der Waals surface area contributed by atoms with Crippen LogP contribution in [-0.2, 0) is 0 Å². The van der Waals surface area contributed by atoms with Gasteiger partial charge in [-0.25, -0.2) is 9.97 Å². The number of rotatable bonds is 5. The van der Waals surface area contributed by atoms with Gasteiger partial charge in [0.1, 0.15) is 0 Å². The molecule has 1 aromatic heterocycles. The summed E-state index contributed by atoms with van der Waals surface area (Å²) >= 11 is 0. The highest BCUT2D eigenvalue weighted by molar-refractivity contribution is 5.95. The fourth-order valence-corrected chi connectivity index (χ4v) is 2.98. The van der Waals surface area contributed by atoms with E-state index >= 15 is 0 Å². The molecule has 3 rings (SSSR count). The number of hydrogen-bond acceptors (Lipinski definition) is 6. The number of nitrogens with one attached hydrogen (secondary N) is 1.